The van der Waals surface area contributed by atoms with Gasteiger partial charge in [0.25, 0.3) is 0 Å². The van der Waals surface area contributed by atoms with Gasteiger partial charge in [0, 0.05) is 11.0 Å². The van der Waals surface area contributed by atoms with Crippen molar-refractivity contribution in [2.24, 2.45) is 5.73 Å². The van der Waals surface area contributed by atoms with Gasteiger partial charge >= 0.3 is 120 Å². The molecule has 0 aliphatic heterocycles. The minimum absolute atomic E-state index is 0. The first-order valence-electron chi connectivity index (χ1n) is 15.1. The zero-order valence-corrected chi connectivity index (χ0v) is 42.1. The Hall–Kier alpha value is 2.68. The quantitative estimate of drug-likeness (QED) is 0.223. The summed E-state index contributed by atoms with van der Waals surface area (Å²) in [5.41, 5.74) is 10.6. The van der Waals surface area contributed by atoms with E-state index in [-0.39, 0.29) is 41.7 Å². The van der Waals surface area contributed by atoms with Crippen molar-refractivity contribution in [3.05, 3.63) is 77.4 Å². The number of benzene rings is 2. The zero-order valence-electron chi connectivity index (χ0n) is 27.7. The van der Waals surface area contributed by atoms with Crippen LogP contribution in [0.4, 0.5) is 0 Å². The first-order chi connectivity index (χ1) is 20.8. The summed E-state index contributed by atoms with van der Waals surface area (Å²) < 4.78 is 5.55. The van der Waals surface area contributed by atoms with Gasteiger partial charge < -0.3 is 15.6 Å². The number of halogens is 6. The van der Waals surface area contributed by atoms with Gasteiger partial charge in [0.1, 0.15) is 5.60 Å². The maximum absolute atomic E-state index is 12.4. The average molecular weight is 1310 g/mol. The molecule has 47 heavy (non-hydrogen) atoms. The zero-order chi connectivity index (χ0) is 34.5. The van der Waals surface area contributed by atoms with E-state index in [1.54, 1.807) is 13.8 Å². The normalized spacial score (nSPS) is 16.0. The van der Waals surface area contributed by atoms with E-state index in [0.29, 0.717) is 15.9 Å². The summed E-state index contributed by atoms with van der Waals surface area (Å²) in [5.74, 6) is -0.119. The van der Waals surface area contributed by atoms with Crippen LogP contribution in [0.15, 0.2) is 55.1 Å². The van der Waals surface area contributed by atoms with Gasteiger partial charge in [0.05, 0.1) is 12.0 Å². The predicted octanol–water partition coefficient (Wildman–Crippen LogP) is 13.4. The van der Waals surface area contributed by atoms with Crippen molar-refractivity contribution in [2.75, 3.05) is 0 Å². The number of aliphatic hydroxyl groups is 1. The molecule has 12 heteroatoms. The number of nitrogens with two attached hydrogens (primary N) is 1. The van der Waals surface area contributed by atoms with Gasteiger partial charge in [-0.1, -0.05) is 93.8 Å². The number of rotatable bonds is 6. The van der Waals surface area contributed by atoms with Crippen molar-refractivity contribution < 1.29 is 29.0 Å². The van der Waals surface area contributed by atoms with E-state index in [1.165, 1.54) is 29.5 Å². The number of hydrogen-bond donors (Lipinski definition) is 2. The van der Waals surface area contributed by atoms with Crippen LogP contribution < -0.4 is 5.73 Å². The maximum atomic E-state index is 12.4. The van der Waals surface area contributed by atoms with Crippen molar-refractivity contribution >= 4 is 124 Å². The van der Waals surface area contributed by atoms with Crippen molar-refractivity contribution in [3.63, 3.8) is 0 Å². The average Bonchev–Trinajstić information content (AvgIpc) is 3.58. The number of hydrogen-bond acceptors (Lipinski definition) is 4. The molecule has 3 N–H and O–H groups in total. The third kappa shape index (κ3) is 20.1. The van der Waals surface area contributed by atoms with Crippen LogP contribution in [-0.2, 0) is 40.5 Å². The molecule has 0 atom stereocenters. The van der Waals surface area contributed by atoms with Gasteiger partial charge in [-0.25, -0.2) is 0 Å². The molecule has 4 nitrogen and oxygen atoms in total. The van der Waals surface area contributed by atoms with E-state index in [1.807, 2.05) is 39.8 Å². The molecule has 4 rings (SSSR count). The summed E-state index contributed by atoms with van der Waals surface area (Å²) in [6.07, 6.45) is 9.55. The van der Waals surface area contributed by atoms with Gasteiger partial charge in [-0.05, 0) is 89.5 Å². The van der Waals surface area contributed by atoms with Gasteiger partial charge in [-0.3, -0.25) is 4.79 Å². The fourth-order valence-corrected chi connectivity index (χ4v) is 5.89. The molecule has 2 fully saturated rings. The van der Waals surface area contributed by atoms with Gasteiger partial charge in [-0.15, -0.1) is 12.4 Å². The molecule has 0 heterocycles. The Labute approximate surface area is 359 Å². The Balaban J connectivity index is 0. The third-order valence-electron chi connectivity index (χ3n) is 8.12. The molecule has 2 saturated carbocycles. The van der Waals surface area contributed by atoms with E-state index in [2.05, 4.69) is 143 Å². The minimum atomic E-state index is -0.841. The Morgan fingerprint density at radius 1 is 0.894 bits per heavy atom. The molecule has 0 amide bonds. The molecular weight excluding hydrogens is 1250 g/mol. The summed E-state index contributed by atoms with van der Waals surface area (Å²) >= 11 is 12.1. The Kier molecular flexibility index (Phi) is 27.4. The molecule has 0 saturated heterocycles. The van der Waals surface area contributed by atoms with Crippen molar-refractivity contribution in [1.29, 1.82) is 0 Å². The molecule has 2 aliphatic carbocycles. The van der Waals surface area contributed by atoms with E-state index < -0.39 is 11.2 Å². The van der Waals surface area contributed by atoms with Gasteiger partial charge in [0.2, 0.25) is 0 Å². The Bertz CT molecular complexity index is 1170. The molecule has 2 aromatic rings. The molecule has 2 aliphatic rings. The van der Waals surface area contributed by atoms with E-state index >= 15 is 0 Å². The van der Waals surface area contributed by atoms with Crippen LogP contribution in [0.5, 0.6) is 0 Å². The Morgan fingerprint density at radius 2 is 1.28 bits per heavy atom. The third-order valence-corrected chi connectivity index (χ3v) is 8.12. The predicted molar refractivity (Wildman–Crippen MR) is 242 cm³/mol. The molecule has 0 radical (unpaired) electrons. The van der Waals surface area contributed by atoms with Crippen LogP contribution in [0.25, 0.3) is 5.57 Å². The topological polar surface area (TPSA) is 72.5 Å². The molecule has 0 bridgehead atoms. The van der Waals surface area contributed by atoms with Crippen LogP contribution in [0.3, 0.4) is 0 Å². The number of allylic oxidation sites excluding steroid dienone is 1. The standard InChI is InChI=1S/C20H30O3.C14H19N.CH4.ClH.5HI.2V/c1-18(2,3)23-17(21)14-20(12-6-7-13-20)16-10-8-15(9-11-16)19(4,5)22;1-11(2)12-5-7-13(8-6-12)14(15)9-3-4-10-14;;;;;;;;;/h8-11,22H,6-7,12-14H2,1-5H3;5-8H,1,3-4,9-10,15H2,2H3;1H4;6*1H;;/q;;;;;;;;;+2;+3/p-5. The number of esters is 1. The van der Waals surface area contributed by atoms with Crippen LogP contribution in [0.2, 0.25) is 0 Å². The molecule has 2 aromatic carbocycles. The first-order valence-corrected chi connectivity index (χ1v) is 37.6. The second kappa shape index (κ2) is 24.9. The van der Waals surface area contributed by atoms with Gasteiger partial charge in [-0.2, -0.15) is 0 Å². The monoisotopic (exact) mass is 1310 g/mol. The van der Waals surface area contributed by atoms with Crippen molar-refractivity contribution in [3.8, 4) is 0 Å². The summed E-state index contributed by atoms with van der Waals surface area (Å²) in [4.78, 5) is 12.1. The molecular formula is C35H54ClI5NO3V2. The second-order valence-electron chi connectivity index (χ2n) is 13.4. The summed E-state index contributed by atoms with van der Waals surface area (Å²) in [7, 11) is 0.628. The van der Waals surface area contributed by atoms with Crippen LogP contribution in [-0.4, -0.2) is 16.7 Å². The van der Waals surface area contributed by atoms with Crippen LogP contribution in [0, 0.1) is 0 Å². The van der Waals surface area contributed by atoms with Crippen LogP contribution >= 0.6 is 112 Å². The van der Waals surface area contributed by atoms with Gasteiger partial charge in [0.15, 0.2) is 0 Å². The van der Waals surface area contributed by atoms with Crippen molar-refractivity contribution in [2.45, 2.75) is 129 Å². The van der Waals surface area contributed by atoms with E-state index in [4.69, 9.17) is 10.5 Å². The number of ether oxygens (including phenoxy) is 1. The summed E-state index contributed by atoms with van der Waals surface area (Å²) in [6.45, 7) is 15.3. The SMILES string of the molecule is C.C=C(C)c1ccc(C2(N)CCCC2)cc1.CC(C)(C)OC(=O)CC1(c2ccc(C(C)(C)O)cc2)CCCC1.Cl.[I][V]([I])[I].[I][V][I]. The first kappa shape index (κ1) is 51.8. The molecule has 0 unspecified atom stereocenters. The fourth-order valence-electron chi connectivity index (χ4n) is 5.89. The fraction of sp³-hybridized carbons (Fsp3) is 0.571. The molecule has 0 spiro atoms. The summed E-state index contributed by atoms with van der Waals surface area (Å²) in [5, 5.41) is 10.1. The molecule has 269 valence electrons. The second-order valence-corrected chi connectivity index (χ2v) is 60.5. The number of carbonyl (C=O) groups excluding carboxylic acids is 1. The van der Waals surface area contributed by atoms with E-state index in [0.717, 1.165) is 49.7 Å². The number of carbonyl (C=O) groups is 1. The van der Waals surface area contributed by atoms with Crippen LogP contribution in [0.1, 0.15) is 129 Å². The Morgan fingerprint density at radius 3 is 1.64 bits per heavy atom. The van der Waals surface area contributed by atoms with E-state index in [9.17, 15) is 9.90 Å². The summed E-state index contributed by atoms with van der Waals surface area (Å²) in [6, 6.07) is 16.7. The molecule has 0 aromatic heterocycles. The van der Waals surface area contributed by atoms with Crippen molar-refractivity contribution in [1.82, 2.24) is 0 Å².